The molecule has 1 aliphatic carbocycles. The molecule has 0 heterocycles. The standard InChI is InChI=1S/C15H22N2O4S/c1-17(8-7-12-5-3-2-4-6-12)22(20,21)16-14-9-13(10-14)11-15(18)19/h2-6,13-14,16H,7-11H2,1H3,(H,18,19). The molecule has 7 heteroatoms. The van der Waals surface area contributed by atoms with Crippen LogP contribution in [0, 0.1) is 5.92 Å². The van der Waals surface area contributed by atoms with Crippen LogP contribution >= 0.6 is 0 Å². The minimum Gasteiger partial charge on any atom is -0.481 e. The van der Waals surface area contributed by atoms with Gasteiger partial charge in [-0.15, -0.1) is 0 Å². The van der Waals surface area contributed by atoms with E-state index in [1.54, 1.807) is 7.05 Å². The number of carbonyl (C=O) groups is 1. The summed E-state index contributed by atoms with van der Waals surface area (Å²) in [5, 5.41) is 8.69. The van der Waals surface area contributed by atoms with Crippen molar-refractivity contribution in [3.63, 3.8) is 0 Å². The van der Waals surface area contributed by atoms with E-state index in [-0.39, 0.29) is 18.4 Å². The van der Waals surface area contributed by atoms with Gasteiger partial charge in [-0.1, -0.05) is 30.3 Å². The molecular formula is C15H22N2O4S. The number of aliphatic carboxylic acids is 1. The zero-order chi connectivity index (χ0) is 16.2. The van der Waals surface area contributed by atoms with Crippen LogP contribution in [0.25, 0.3) is 0 Å². The first-order chi connectivity index (χ1) is 10.4. The molecule has 1 saturated carbocycles. The number of rotatable bonds is 8. The van der Waals surface area contributed by atoms with Crippen molar-refractivity contribution in [2.45, 2.75) is 31.7 Å². The second-order valence-electron chi connectivity index (χ2n) is 5.81. The first kappa shape index (κ1) is 16.9. The predicted octanol–water partition coefficient (Wildman–Crippen LogP) is 1.25. The molecule has 1 fully saturated rings. The fraction of sp³-hybridized carbons (Fsp3) is 0.533. The summed E-state index contributed by atoms with van der Waals surface area (Å²) in [5.74, 6) is -0.744. The molecule has 1 aromatic rings. The van der Waals surface area contributed by atoms with Crippen molar-refractivity contribution in [1.82, 2.24) is 9.03 Å². The highest BCUT2D eigenvalue weighted by atomic mass is 32.2. The summed E-state index contributed by atoms with van der Waals surface area (Å²) in [6.07, 6.45) is 1.96. The number of likely N-dealkylation sites (N-methyl/N-ethyl adjacent to an activating group) is 1. The van der Waals surface area contributed by atoms with Gasteiger partial charge in [-0.3, -0.25) is 4.79 Å². The first-order valence-corrected chi connectivity index (χ1v) is 8.80. The van der Waals surface area contributed by atoms with E-state index in [1.807, 2.05) is 30.3 Å². The molecule has 0 amide bonds. The molecule has 0 saturated heterocycles. The number of hydrogen-bond donors (Lipinski definition) is 2. The molecule has 122 valence electrons. The van der Waals surface area contributed by atoms with Crippen LogP contribution in [0.3, 0.4) is 0 Å². The Hall–Kier alpha value is -1.44. The van der Waals surface area contributed by atoms with E-state index in [1.165, 1.54) is 4.31 Å². The van der Waals surface area contributed by atoms with Gasteiger partial charge in [0.1, 0.15) is 0 Å². The Balaban J connectivity index is 1.77. The van der Waals surface area contributed by atoms with Crippen LogP contribution < -0.4 is 4.72 Å². The van der Waals surface area contributed by atoms with Crippen LogP contribution in [-0.2, 0) is 21.4 Å². The highest BCUT2D eigenvalue weighted by Gasteiger charge is 2.34. The topological polar surface area (TPSA) is 86.7 Å². The molecule has 1 aromatic carbocycles. The summed E-state index contributed by atoms with van der Waals surface area (Å²) in [7, 11) is -1.95. The number of nitrogens with zero attached hydrogens (tertiary/aromatic N) is 1. The Labute approximate surface area is 131 Å². The predicted molar refractivity (Wildman–Crippen MR) is 83.6 cm³/mol. The molecule has 6 nitrogen and oxygen atoms in total. The summed E-state index contributed by atoms with van der Waals surface area (Å²) in [5.41, 5.74) is 1.09. The maximum absolute atomic E-state index is 12.2. The van der Waals surface area contributed by atoms with Crippen molar-refractivity contribution in [3.05, 3.63) is 35.9 Å². The fourth-order valence-electron chi connectivity index (χ4n) is 2.60. The van der Waals surface area contributed by atoms with Gasteiger partial charge in [0.25, 0.3) is 10.2 Å². The molecule has 22 heavy (non-hydrogen) atoms. The Bertz CT molecular complexity index is 597. The highest BCUT2D eigenvalue weighted by Crippen LogP contribution is 2.30. The molecule has 0 aliphatic heterocycles. The average molecular weight is 326 g/mol. The number of benzene rings is 1. The second kappa shape index (κ2) is 7.21. The van der Waals surface area contributed by atoms with Gasteiger partial charge in [0.2, 0.25) is 0 Å². The fourth-order valence-corrected chi connectivity index (χ4v) is 3.72. The summed E-state index contributed by atoms with van der Waals surface area (Å²) in [6, 6.07) is 9.58. The lowest BCUT2D eigenvalue weighted by Gasteiger charge is -2.35. The molecule has 0 unspecified atom stereocenters. The van der Waals surface area contributed by atoms with Crippen molar-refractivity contribution >= 4 is 16.2 Å². The van der Waals surface area contributed by atoms with E-state index < -0.39 is 16.2 Å². The molecule has 2 rings (SSSR count). The van der Waals surface area contributed by atoms with E-state index in [0.29, 0.717) is 25.8 Å². The number of carboxylic acid groups (broad SMARTS) is 1. The minimum atomic E-state index is -3.51. The van der Waals surface area contributed by atoms with Crippen LogP contribution in [0.15, 0.2) is 30.3 Å². The smallest absolute Gasteiger partial charge is 0.303 e. The monoisotopic (exact) mass is 326 g/mol. The molecule has 0 radical (unpaired) electrons. The van der Waals surface area contributed by atoms with Crippen LogP contribution in [0.5, 0.6) is 0 Å². The summed E-state index contributed by atoms with van der Waals surface area (Å²) < 4.78 is 28.3. The third-order valence-electron chi connectivity index (χ3n) is 3.98. The summed E-state index contributed by atoms with van der Waals surface area (Å²) in [4.78, 5) is 10.6. The van der Waals surface area contributed by atoms with Crippen molar-refractivity contribution in [1.29, 1.82) is 0 Å². The van der Waals surface area contributed by atoms with Gasteiger partial charge in [-0.25, -0.2) is 0 Å². The Morgan fingerprint density at radius 1 is 1.32 bits per heavy atom. The Morgan fingerprint density at radius 3 is 2.55 bits per heavy atom. The highest BCUT2D eigenvalue weighted by molar-refractivity contribution is 7.87. The zero-order valence-corrected chi connectivity index (χ0v) is 13.4. The minimum absolute atomic E-state index is 0.0832. The third-order valence-corrected chi connectivity index (χ3v) is 5.62. The van der Waals surface area contributed by atoms with Crippen molar-refractivity contribution in [2.24, 2.45) is 5.92 Å². The molecule has 0 spiro atoms. The lowest BCUT2D eigenvalue weighted by Crippen LogP contribution is -2.49. The normalized spacial score (nSPS) is 21.5. The van der Waals surface area contributed by atoms with Gasteiger partial charge in [-0.05, 0) is 30.7 Å². The average Bonchev–Trinajstić information content (AvgIpc) is 2.43. The number of carboxylic acids is 1. The van der Waals surface area contributed by atoms with Gasteiger partial charge in [0, 0.05) is 26.1 Å². The SMILES string of the molecule is CN(CCc1ccccc1)S(=O)(=O)NC1CC(CC(=O)O)C1. The molecule has 2 N–H and O–H groups in total. The lowest BCUT2D eigenvalue weighted by atomic mass is 9.79. The van der Waals surface area contributed by atoms with Crippen LogP contribution in [0.1, 0.15) is 24.8 Å². The number of hydrogen-bond acceptors (Lipinski definition) is 3. The lowest BCUT2D eigenvalue weighted by molar-refractivity contribution is -0.138. The van der Waals surface area contributed by atoms with E-state index in [9.17, 15) is 13.2 Å². The van der Waals surface area contributed by atoms with Gasteiger partial charge in [0.15, 0.2) is 0 Å². The maximum Gasteiger partial charge on any atom is 0.303 e. The summed E-state index contributed by atoms with van der Waals surface area (Å²) >= 11 is 0. The van der Waals surface area contributed by atoms with Gasteiger partial charge in [-0.2, -0.15) is 17.4 Å². The van der Waals surface area contributed by atoms with Gasteiger partial charge in [0.05, 0.1) is 0 Å². The molecule has 0 aromatic heterocycles. The quantitative estimate of drug-likeness (QED) is 0.753. The van der Waals surface area contributed by atoms with Crippen LogP contribution in [0.2, 0.25) is 0 Å². The van der Waals surface area contributed by atoms with Crippen molar-refractivity contribution in [3.8, 4) is 0 Å². The largest absolute Gasteiger partial charge is 0.481 e. The van der Waals surface area contributed by atoms with E-state index in [0.717, 1.165) is 5.56 Å². The third kappa shape index (κ3) is 4.79. The first-order valence-electron chi connectivity index (χ1n) is 7.36. The number of nitrogens with one attached hydrogen (secondary N) is 1. The maximum atomic E-state index is 12.2. The van der Waals surface area contributed by atoms with E-state index in [4.69, 9.17) is 5.11 Å². The van der Waals surface area contributed by atoms with Gasteiger partial charge >= 0.3 is 5.97 Å². The Kier molecular flexibility index (Phi) is 5.55. The van der Waals surface area contributed by atoms with E-state index in [2.05, 4.69) is 4.72 Å². The van der Waals surface area contributed by atoms with Crippen LogP contribution in [0.4, 0.5) is 0 Å². The van der Waals surface area contributed by atoms with E-state index >= 15 is 0 Å². The van der Waals surface area contributed by atoms with Crippen molar-refractivity contribution < 1.29 is 18.3 Å². The Morgan fingerprint density at radius 2 is 1.95 bits per heavy atom. The van der Waals surface area contributed by atoms with Gasteiger partial charge < -0.3 is 5.11 Å². The molecular weight excluding hydrogens is 304 g/mol. The summed E-state index contributed by atoms with van der Waals surface area (Å²) in [6.45, 7) is 0.407. The second-order valence-corrected chi connectivity index (χ2v) is 7.62. The zero-order valence-electron chi connectivity index (χ0n) is 12.6. The molecule has 0 bridgehead atoms. The van der Waals surface area contributed by atoms with Crippen LogP contribution in [-0.4, -0.2) is 43.4 Å². The molecule has 1 aliphatic rings. The molecule has 0 atom stereocenters. The van der Waals surface area contributed by atoms with Crippen molar-refractivity contribution in [2.75, 3.05) is 13.6 Å².